The van der Waals surface area contributed by atoms with Crippen LogP contribution in [0.25, 0.3) is 0 Å². The van der Waals surface area contributed by atoms with Crippen LogP contribution in [0.2, 0.25) is 5.02 Å². The van der Waals surface area contributed by atoms with Crippen molar-refractivity contribution in [2.75, 3.05) is 0 Å². The molecule has 0 aliphatic carbocycles. The highest BCUT2D eigenvalue weighted by Gasteiger charge is 2.40. The van der Waals surface area contributed by atoms with Gasteiger partial charge < -0.3 is 9.84 Å². The molecule has 3 aromatic rings. The first kappa shape index (κ1) is 17.7. The van der Waals surface area contributed by atoms with Crippen LogP contribution in [-0.4, -0.2) is 11.4 Å². The van der Waals surface area contributed by atoms with E-state index in [1.54, 1.807) is 0 Å². The van der Waals surface area contributed by atoms with Crippen LogP contribution in [0.15, 0.2) is 84.9 Å². The SMILES string of the molecule is CCC(O)OC(c1ccccc1)(c1ccccc1)c1ccccc1Cl. The molecule has 0 fully saturated rings. The lowest BCUT2D eigenvalue weighted by Crippen LogP contribution is -2.37. The number of aliphatic hydroxyl groups excluding tert-OH is 1. The molecular formula is C22H21ClO2. The Hall–Kier alpha value is -2.13. The lowest BCUT2D eigenvalue weighted by atomic mass is 9.80. The summed E-state index contributed by atoms with van der Waals surface area (Å²) in [6.45, 7) is 1.89. The first-order chi connectivity index (χ1) is 12.2. The van der Waals surface area contributed by atoms with E-state index in [1.165, 1.54) is 0 Å². The van der Waals surface area contributed by atoms with Crippen molar-refractivity contribution in [3.8, 4) is 0 Å². The summed E-state index contributed by atoms with van der Waals surface area (Å²) in [5.74, 6) is 0. The van der Waals surface area contributed by atoms with Crippen LogP contribution >= 0.6 is 11.6 Å². The van der Waals surface area contributed by atoms with Crippen LogP contribution < -0.4 is 0 Å². The van der Waals surface area contributed by atoms with Gasteiger partial charge in [0.25, 0.3) is 0 Å². The summed E-state index contributed by atoms with van der Waals surface area (Å²) in [6.07, 6.45) is -0.442. The van der Waals surface area contributed by atoms with E-state index >= 15 is 0 Å². The zero-order chi connectivity index (χ0) is 17.7. The monoisotopic (exact) mass is 352 g/mol. The van der Waals surface area contributed by atoms with Crippen LogP contribution in [-0.2, 0) is 10.3 Å². The van der Waals surface area contributed by atoms with Crippen molar-refractivity contribution in [1.82, 2.24) is 0 Å². The number of ether oxygens (including phenoxy) is 1. The summed E-state index contributed by atoms with van der Waals surface area (Å²) in [4.78, 5) is 0. The van der Waals surface area contributed by atoms with E-state index in [2.05, 4.69) is 0 Å². The second-order valence-corrected chi connectivity index (χ2v) is 6.28. The lowest BCUT2D eigenvalue weighted by Gasteiger charge is -2.38. The Bertz CT molecular complexity index is 763. The Labute approximate surface area is 153 Å². The van der Waals surface area contributed by atoms with Gasteiger partial charge in [-0.15, -0.1) is 0 Å². The largest absolute Gasteiger partial charge is 0.368 e. The van der Waals surface area contributed by atoms with Crippen LogP contribution in [0.1, 0.15) is 30.0 Å². The Morgan fingerprint density at radius 3 is 1.80 bits per heavy atom. The molecule has 0 amide bonds. The van der Waals surface area contributed by atoms with E-state index in [4.69, 9.17) is 16.3 Å². The van der Waals surface area contributed by atoms with Crippen LogP contribution in [0.3, 0.4) is 0 Å². The third-order valence-electron chi connectivity index (χ3n) is 4.28. The molecule has 0 radical (unpaired) electrons. The second-order valence-electron chi connectivity index (χ2n) is 5.87. The third kappa shape index (κ3) is 3.47. The summed E-state index contributed by atoms with van der Waals surface area (Å²) >= 11 is 6.57. The molecule has 3 aromatic carbocycles. The van der Waals surface area contributed by atoms with Crippen molar-refractivity contribution < 1.29 is 9.84 Å². The Balaban J connectivity index is 2.34. The molecule has 128 valence electrons. The lowest BCUT2D eigenvalue weighted by molar-refractivity contribution is -0.159. The van der Waals surface area contributed by atoms with Gasteiger partial charge in [-0.25, -0.2) is 0 Å². The van der Waals surface area contributed by atoms with Gasteiger partial charge in [0.2, 0.25) is 0 Å². The first-order valence-electron chi connectivity index (χ1n) is 8.40. The van der Waals surface area contributed by atoms with Gasteiger partial charge in [-0.2, -0.15) is 0 Å². The Morgan fingerprint density at radius 2 is 1.32 bits per heavy atom. The summed E-state index contributed by atoms with van der Waals surface area (Å²) in [6, 6.07) is 27.4. The number of hydrogen-bond donors (Lipinski definition) is 1. The summed E-state index contributed by atoms with van der Waals surface area (Å²) in [7, 11) is 0. The summed E-state index contributed by atoms with van der Waals surface area (Å²) in [5.41, 5.74) is 1.65. The van der Waals surface area contributed by atoms with Gasteiger partial charge in [0.15, 0.2) is 6.29 Å². The van der Waals surface area contributed by atoms with E-state index in [1.807, 2.05) is 91.9 Å². The fourth-order valence-corrected chi connectivity index (χ4v) is 3.33. The van der Waals surface area contributed by atoms with Crippen LogP contribution in [0, 0.1) is 0 Å². The molecule has 0 saturated carbocycles. The average molecular weight is 353 g/mol. The van der Waals surface area contributed by atoms with Gasteiger partial charge in [-0.3, -0.25) is 0 Å². The third-order valence-corrected chi connectivity index (χ3v) is 4.61. The molecule has 3 rings (SSSR count). The molecule has 0 heterocycles. The van der Waals surface area contributed by atoms with Crippen molar-refractivity contribution >= 4 is 11.6 Å². The van der Waals surface area contributed by atoms with Gasteiger partial charge >= 0.3 is 0 Å². The van der Waals surface area contributed by atoms with Crippen LogP contribution in [0.5, 0.6) is 0 Å². The summed E-state index contributed by atoms with van der Waals surface area (Å²) in [5, 5.41) is 11.0. The molecule has 1 atom stereocenters. The Morgan fingerprint density at radius 1 is 0.840 bits per heavy atom. The average Bonchev–Trinajstić information content (AvgIpc) is 2.68. The number of rotatable bonds is 6. The van der Waals surface area contributed by atoms with Crippen molar-refractivity contribution in [1.29, 1.82) is 0 Å². The normalized spacial score (nSPS) is 12.8. The quantitative estimate of drug-likeness (QED) is 0.477. The standard InChI is InChI=1S/C22H21ClO2/c1-2-21(24)25-22(17-11-5-3-6-12-17,18-13-7-4-8-14-18)19-15-9-10-16-20(19)23/h3-16,21,24H,2H2,1H3. The highest BCUT2D eigenvalue weighted by Crippen LogP contribution is 2.44. The Kier molecular flexibility index (Phi) is 5.54. The minimum atomic E-state index is -0.990. The predicted octanol–water partition coefficient (Wildman–Crippen LogP) is 5.38. The minimum absolute atomic E-state index is 0.478. The molecule has 25 heavy (non-hydrogen) atoms. The smallest absolute Gasteiger partial charge is 0.156 e. The zero-order valence-electron chi connectivity index (χ0n) is 14.1. The van der Waals surface area contributed by atoms with E-state index in [9.17, 15) is 5.11 Å². The second kappa shape index (κ2) is 7.83. The zero-order valence-corrected chi connectivity index (χ0v) is 14.9. The maximum absolute atomic E-state index is 10.4. The molecule has 1 unspecified atom stereocenters. The van der Waals surface area contributed by atoms with Gasteiger partial charge in [-0.1, -0.05) is 97.4 Å². The molecule has 0 aliphatic heterocycles. The van der Waals surface area contributed by atoms with Gasteiger partial charge in [0.1, 0.15) is 5.60 Å². The van der Waals surface area contributed by atoms with E-state index < -0.39 is 11.9 Å². The van der Waals surface area contributed by atoms with Crippen molar-refractivity contribution in [3.05, 3.63) is 107 Å². The topological polar surface area (TPSA) is 29.5 Å². The molecule has 0 aliphatic rings. The highest BCUT2D eigenvalue weighted by atomic mass is 35.5. The van der Waals surface area contributed by atoms with Gasteiger partial charge in [0, 0.05) is 10.6 Å². The number of halogens is 1. The molecule has 0 bridgehead atoms. The van der Waals surface area contributed by atoms with Crippen LogP contribution in [0.4, 0.5) is 0 Å². The predicted molar refractivity (Wildman–Crippen MR) is 102 cm³/mol. The molecular weight excluding hydrogens is 332 g/mol. The van der Waals surface area contributed by atoms with E-state index in [-0.39, 0.29) is 0 Å². The fraction of sp³-hybridized carbons (Fsp3) is 0.182. The molecule has 1 N–H and O–H groups in total. The molecule has 2 nitrogen and oxygen atoms in total. The van der Waals surface area contributed by atoms with E-state index in [0.29, 0.717) is 11.4 Å². The molecule has 0 spiro atoms. The van der Waals surface area contributed by atoms with Gasteiger partial charge in [-0.05, 0) is 23.6 Å². The maximum atomic E-state index is 10.4. The van der Waals surface area contributed by atoms with Crippen molar-refractivity contribution in [2.45, 2.75) is 25.2 Å². The maximum Gasteiger partial charge on any atom is 0.156 e. The van der Waals surface area contributed by atoms with Crippen molar-refractivity contribution in [3.63, 3.8) is 0 Å². The van der Waals surface area contributed by atoms with E-state index in [0.717, 1.165) is 16.7 Å². The van der Waals surface area contributed by atoms with Crippen molar-refractivity contribution in [2.24, 2.45) is 0 Å². The molecule has 0 aromatic heterocycles. The van der Waals surface area contributed by atoms with Gasteiger partial charge in [0.05, 0.1) is 0 Å². The molecule has 0 saturated heterocycles. The highest BCUT2D eigenvalue weighted by molar-refractivity contribution is 6.31. The number of aliphatic hydroxyl groups is 1. The summed E-state index contributed by atoms with van der Waals surface area (Å²) < 4.78 is 6.30. The minimum Gasteiger partial charge on any atom is -0.368 e. The number of hydrogen-bond acceptors (Lipinski definition) is 2. The number of benzene rings is 3. The molecule has 3 heteroatoms. The fourth-order valence-electron chi connectivity index (χ4n) is 3.06. The first-order valence-corrected chi connectivity index (χ1v) is 8.78.